The van der Waals surface area contributed by atoms with Gasteiger partial charge in [-0.15, -0.1) is 0 Å². The van der Waals surface area contributed by atoms with Crippen molar-refractivity contribution >= 4 is 37.6 Å². The van der Waals surface area contributed by atoms with Crippen molar-refractivity contribution in [2.24, 2.45) is 0 Å². The van der Waals surface area contributed by atoms with Gasteiger partial charge in [0.1, 0.15) is 6.33 Å². The van der Waals surface area contributed by atoms with Crippen molar-refractivity contribution in [3.05, 3.63) is 47.0 Å². The summed E-state index contributed by atoms with van der Waals surface area (Å²) in [5, 5.41) is 0.885. The fourth-order valence-electron chi connectivity index (χ4n) is 3.79. The average Bonchev–Trinajstić information content (AvgIpc) is 3.20. The van der Waals surface area contributed by atoms with Gasteiger partial charge in [0.15, 0.2) is 0 Å². The molecule has 1 fully saturated rings. The molecule has 8 nitrogen and oxygen atoms in total. The molecule has 2 heterocycles. The van der Waals surface area contributed by atoms with Gasteiger partial charge >= 0.3 is 0 Å². The standard InChI is InChI=1S/C18H20N4O4S2/c1-26-16-5-3-2-4-15(16)22-14-8-7-13(10-12(14)6-9-17(22)23)28(24,25)21-18-19-11-20-27-18/h6-11,15-16H,2-5H2,1H3,(H,19,20,21)/t15-,16-/m0/s1. The smallest absolute Gasteiger partial charge is 0.263 e. The number of nitrogens with one attached hydrogen (secondary N) is 1. The van der Waals surface area contributed by atoms with Gasteiger partial charge in [-0.3, -0.25) is 9.52 Å². The van der Waals surface area contributed by atoms with Gasteiger partial charge in [-0.05, 0) is 42.5 Å². The van der Waals surface area contributed by atoms with E-state index >= 15 is 0 Å². The van der Waals surface area contributed by atoms with Crippen LogP contribution in [0, 0.1) is 0 Å². The van der Waals surface area contributed by atoms with Crippen LogP contribution < -0.4 is 10.3 Å². The van der Waals surface area contributed by atoms with Gasteiger partial charge in [0, 0.05) is 24.7 Å². The van der Waals surface area contributed by atoms with Crippen molar-refractivity contribution in [2.75, 3.05) is 11.8 Å². The summed E-state index contributed by atoms with van der Waals surface area (Å²) in [6, 6.07) is 7.84. The Hall–Kier alpha value is -2.30. The van der Waals surface area contributed by atoms with E-state index in [1.54, 1.807) is 29.9 Å². The lowest BCUT2D eigenvalue weighted by Gasteiger charge is -2.32. The minimum Gasteiger partial charge on any atom is -0.379 e. The number of pyridine rings is 1. The topological polar surface area (TPSA) is 103 Å². The number of nitrogens with zero attached hydrogens (tertiary/aromatic N) is 3. The monoisotopic (exact) mass is 420 g/mol. The van der Waals surface area contributed by atoms with E-state index in [0.717, 1.165) is 37.2 Å². The number of hydrogen-bond acceptors (Lipinski definition) is 7. The average molecular weight is 421 g/mol. The predicted molar refractivity (Wildman–Crippen MR) is 107 cm³/mol. The van der Waals surface area contributed by atoms with Gasteiger partial charge < -0.3 is 9.30 Å². The van der Waals surface area contributed by atoms with Crippen molar-refractivity contribution in [1.29, 1.82) is 0 Å². The van der Waals surface area contributed by atoms with Crippen LogP contribution in [0.25, 0.3) is 10.9 Å². The van der Waals surface area contributed by atoms with Gasteiger partial charge in [-0.2, -0.15) is 4.37 Å². The van der Waals surface area contributed by atoms with E-state index < -0.39 is 10.0 Å². The van der Waals surface area contributed by atoms with Crippen LogP contribution in [-0.4, -0.2) is 35.6 Å². The number of sulfonamides is 1. The second-order valence-corrected chi connectivity index (χ2v) is 9.20. The van der Waals surface area contributed by atoms with E-state index in [1.807, 2.05) is 0 Å². The van der Waals surface area contributed by atoms with E-state index in [2.05, 4.69) is 14.1 Å². The van der Waals surface area contributed by atoms with E-state index in [-0.39, 0.29) is 27.7 Å². The number of methoxy groups -OCH3 is 1. The molecule has 0 radical (unpaired) electrons. The number of anilines is 1. The molecule has 1 saturated carbocycles. The number of benzene rings is 1. The molecule has 1 aliphatic rings. The maximum Gasteiger partial charge on any atom is 0.263 e. The summed E-state index contributed by atoms with van der Waals surface area (Å²) in [6.45, 7) is 0. The highest BCUT2D eigenvalue weighted by Crippen LogP contribution is 2.32. The quantitative estimate of drug-likeness (QED) is 0.681. The third-order valence-electron chi connectivity index (χ3n) is 5.10. The van der Waals surface area contributed by atoms with Crippen LogP contribution in [0.1, 0.15) is 31.7 Å². The number of fused-ring (bicyclic) bond motifs is 1. The third kappa shape index (κ3) is 3.54. The number of rotatable bonds is 5. The van der Waals surface area contributed by atoms with E-state index in [1.165, 1.54) is 18.5 Å². The zero-order valence-corrected chi connectivity index (χ0v) is 16.9. The van der Waals surface area contributed by atoms with Crippen LogP contribution in [0.5, 0.6) is 0 Å². The van der Waals surface area contributed by atoms with Crippen LogP contribution >= 0.6 is 11.5 Å². The molecule has 3 aromatic rings. The predicted octanol–water partition coefficient (Wildman–Crippen LogP) is 2.78. The zero-order valence-electron chi connectivity index (χ0n) is 15.2. The first kappa shape index (κ1) is 19.0. The minimum absolute atomic E-state index is 0.0282. The van der Waals surface area contributed by atoms with Gasteiger partial charge in [0.25, 0.3) is 15.6 Å². The molecule has 1 aromatic carbocycles. The SMILES string of the molecule is CO[C@H]1CCCC[C@@H]1n1c(=O)ccc2cc(S(=O)(=O)Nc3ncns3)ccc21. The fraction of sp³-hybridized carbons (Fsp3) is 0.389. The maximum absolute atomic E-state index is 12.7. The molecule has 0 spiro atoms. The molecular formula is C18H20N4O4S2. The molecule has 2 atom stereocenters. The summed E-state index contributed by atoms with van der Waals surface area (Å²) in [6.07, 6.45) is 5.13. The lowest BCUT2D eigenvalue weighted by Crippen LogP contribution is -2.35. The Labute approximate surface area is 166 Å². The third-order valence-corrected chi connectivity index (χ3v) is 7.14. The highest BCUT2D eigenvalue weighted by Gasteiger charge is 2.28. The molecule has 0 bridgehead atoms. The molecule has 2 aromatic heterocycles. The summed E-state index contributed by atoms with van der Waals surface area (Å²) in [7, 11) is -2.12. The van der Waals surface area contributed by atoms with Crippen molar-refractivity contribution in [3.8, 4) is 0 Å². The van der Waals surface area contributed by atoms with Crippen molar-refractivity contribution in [2.45, 2.75) is 42.7 Å². The molecule has 148 valence electrons. The second kappa shape index (κ2) is 7.61. The first-order valence-electron chi connectivity index (χ1n) is 8.97. The molecular weight excluding hydrogens is 400 g/mol. The Balaban J connectivity index is 1.77. The highest BCUT2D eigenvalue weighted by molar-refractivity contribution is 7.93. The first-order valence-corrected chi connectivity index (χ1v) is 11.2. The number of hydrogen-bond donors (Lipinski definition) is 1. The second-order valence-electron chi connectivity index (χ2n) is 6.74. The summed E-state index contributed by atoms with van der Waals surface area (Å²) in [4.78, 5) is 16.6. The summed E-state index contributed by atoms with van der Waals surface area (Å²) in [5.74, 6) is 0. The number of aromatic nitrogens is 3. The fourth-order valence-corrected chi connectivity index (χ4v) is 5.49. The lowest BCUT2D eigenvalue weighted by molar-refractivity contribution is 0.0293. The normalized spacial score (nSPS) is 20.3. The maximum atomic E-state index is 12.7. The largest absolute Gasteiger partial charge is 0.379 e. The molecule has 4 rings (SSSR count). The molecule has 1 N–H and O–H groups in total. The van der Waals surface area contributed by atoms with Crippen LogP contribution in [0.4, 0.5) is 5.13 Å². The lowest BCUT2D eigenvalue weighted by atomic mass is 9.91. The summed E-state index contributed by atoms with van der Waals surface area (Å²) < 4.78 is 38.8. The van der Waals surface area contributed by atoms with Crippen molar-refractivity contribution in [1.82, 2.24) is 13.9 Å². The summed E-state index contributed by atoms with van der Waals surface area (Å²) >= 11 is 0.963. The Morgan fingerprint density at radius 3 is 2.79 bits per heavy atom. The van der Waals surface area contributed by atoms with E-state index in [4.69, 9.17) is 4.74 Å². The van der Waals surface area contributed by atoms with Gasteiger partial charge in [-0.25, -0.2) is 13.4 Å². The Kier molecular flexibility index (Phi) is 5.17. The zero-order chi connectivity index (χ0) is 19.7. The van der Waals surface area contributed by atoms with E-state index in [0.29, 0.717) is 10.9 Å². The Bertz CT molecular complexity index is 1140. The Morgan fingerprint density at radius 2 is 2.04 bits per heavy atom. The molecule has 0 aliphatic heterocycles. The molecule has 0 saturated heterocycles. The van der Waals surface area contributed by atoms with Crippen LogP contribution in [0.2, 0.25) is 0 Å². The molecule has 1 aliphatic carbocycles. The van der Waals surface area contributed by atoms with Gasteiger partial charge in [-0.1, -0.05) is 12.8 Å². The van der Waals surface area contributed by atoms with E-state index in [9.17, 15) is 13.2 Å². The van der Waals surface area contributed by atoms with Gasteiger partial charge in [0.2, 0.25) is 5.13 Å². The van der Waals surface area contributed by atoms with Gasteiger partial charge in [0.05, 0.1) is 22.6 Å². The van der Waals surface area contributed by atoms with Crippen LogP contribution in [-0.2, 0) is 14.8 Å². The molecule has 28 heavy (non-hydrogen) atoms. The van der Waals surface area contributed by atoms with Crippen molar-refractivity contribution in [3.63, 3.8) is 0 Å². The molecule has 0 amide bonds. The summed E-state index contributed by atoms with van der Waals surface area (Å²) in [5.41, 5.74) is 0.598. The van der Waals surface area contributed by atoms with Crippen molar-refractivity contribution < 1.29 is 13.2 Å². The number of ether oxygens (including phenoxy) is 1. The van der Waals surface area contributed by atoms with Crippen LogP contribution in [0.3, 0.4) is 0 Å². The van der Waals surface area contributed by atoms with Crippen LogP contribution in [0.15, 0.2) is 46.3 Å². The first-order chi connectivity index (χ1) is 13.5. The molecule has 0 unspecified atom stereocenters. The molecule has 10 heteroatoms. The Morgan fingerprint density at radius 1 is 1.21 bits per heavy atom. The highest BCUT2D eigenvalue weighted by atomic mass is 32.2. The minimum atomic E-state index is -3.79.